The number of alkyl halides is 3. The van der Waals surface area contributed by atoms with Gasteiger partial charge in [-0.05, 0) is 30.5 Å². The van der Waals surface area contributed by atoms with E-state index in [-0.39, 0.29) is 56.8 Å². The molecule has 2 aromatic rings. The van der Waals surface area contributed by atoms with E-state index < -0.39 is 70.8 Å². The minimum atomic E-state index is -5.08. The number of carbonyl (C=O) groups is 6. The van der Waals surface area contributed by atoms with E-state index in [1.807, 2.05) is 0 Å². The van der Waals surface area contributed by atoms with Crippen LogP contribution in [-0.2, 0) is 28.8 Å². The van der Waals surface area contributed by atoms with Crippen molar-refractivity contribution in [2.24, 2.45) is 11.1 Å². The summed E-state index contributed by atoms with van der Waals surface area (Å²) in [6.45, 7) is 0.176. The molecule has 292 valence electrons. The first kappa shape index (κ1) is 41.8. The number of phenols is 2. The molecule has 1 saturated carbocycles. The van der Waals surface area contributed by atoms with Gasteiger partial charge >= 0.3 is 24.1 Å². The number of oxime groups is 1. The maximum absolute atomic E-state index is 13.3. The zero-order valence-electron chi connectivity index (χ0n) is 27.0. The first-order valence-electron chi connectivity index (χ1n) is 15.1. The Kier molecular flexibility index (Phi) is 13.5. The van der Waals surface area contributed by atoms with Crippen molar-refractivity contribution in [3.63, 3.8) is 0 Å². The molecule has 2 fully saturated rings. The number of nitrogens with two attached hydrogens (primary N) is 1. The third kappa shape index (κ3) is 9.97. The molecule has 2 aliphatic heterocycles. The molecule has 3 amide bonds. The van der Waals surface area contributed by atoms with Crippen molar-refractivity contribution >= 4 is 92.9 Å². The summed E-state index contributed by atoms with van der Waals surface area (Å²) in [5, 5.41) is 55.3. The van der Waals surface area contributed by atoms with Crippen LogP contribution in [0.25, 0.3) is 0 Å². The Labute approximate surface area is 318 Å². The number of thiazole rings is 1. The predicted octanol–water partition coefficient (Wildman–Crippen LogP) is 1.91. The van der Waals surface area contributed by atoms with Crippen molar-refractivity contribution in [2.75, 3.05) is 29.5 Å². The summed E-state index contributed by atoms with van der Waals surface area (Å²) in [5.41, 5.74) is 5.62. The van der Waals surface area contributed by atoms with E-state index in [0.717, 1.165) is 22.3 Å². The van der Waals surface area contributed by atoms with Crippen LogP contribution >= 0.6 is 46.5 Å². The van der Waals surface area contributed by atoms with Gasteiger partial charge in [0.25, 0.3) is 17.7 Å². The van der Waals surface area contributed by atoms with E-state index in [9.17, 15) is 57.6 Å². The van der Waals surface area contributed by atoms with Crippen LogP contribution in [0.2, 0.25) is 5.02 Å². The molecular formula is C29H28ClF3N6O12S3. The Morgan fingerprint density at radius 2 is 1.83 bits per heavy atom. The highest BCUT2D eigenvalue weighted by Crippen LogP contribution is 2.41. The van der Waals surface area contributed by atoms with Gasteiger partial charge in [0.1, 0.15) is 22.8 Å². The van der Waals surface area contributed by atoms with Crippen molar-refractivity contribution in [2.45, 2.75) is 36.5 Å². The summed E-state index contributed by atoms with van der Waals surface area (Å²) in [6.07, 6.45) is -5.06. The number of hydrogen-bond acceptors (Lipinski definition) is 15. The zero-order chi connectivity index (χ0) is 40.1. The fourth-order valence-corrected chi connectivity index (χ4v) is 7.85. The Morgan fingerprint density at radius 1 is 1.17 bits per heavy atom. The third-order valence-electron chi connectivity index (χ3n) is 7.46. The minimum absolute atomic E-state index is 0.0239. The number of hydrogen-bond donors (Lipinski definition) is 8. The number of carbonyl (C=O) groups excluding carboxylic acids is 3. The van der Waals surface area contributed by atoms with Gasteiger partial charge in [-0.15, -0.1) is 23.1 Å². The number of rotatable bonds is 14. The number of benzene rings is 1. The maximum atomic E-state index is 13.3. The fourth-order valence-electron chi connectivity index (χ4n) is 4.70. The quantitative estimate of drug-likeness (QED) is 0.0443. The lowest BCUT2D eigenvalue weighted by Crippen LogP contribution is -2.71. The number of aliphatic carboxylic acids is 3. The summed E-state index contributed by atoms with van der Waals surface area (Å²) in [7, 11) is 0. The average Bonchev–Trinajstić information content (AvgIpc) is 3.85. The van der Waals surface area contributed by atoms with Crippen LogP contribution in [-0.4, -0.2) is 124 Å². The van der Waals surface area contributed by atoms with Gasteiger partial charge in [0.15, 0.2) is 22.3 Å². The SMILES string of the molecule is Nc1nc(/C(=N/OC(C(=O)O)C2CC2)C(=O)N[C@@H]2C(=O)N3C(C(=O)O)=C(CSCCNC(=O)c4ccc(O)c(O)c4Cl)CS[C@H]23)cs1.O=C(O)C(F)(F)F. The third-order valence-corrected chi connectivity index (χ3v) is 10.9. The molecule has 18 nitrogen and oxygen atoms in total. The van der Waals surface area contributed by atoms with Gasteiger partial charge in [-0.2, -0.15) is 24.9 Å². The predicted molar refractivity (Wildman–Crippen MR) is 186 cm³/mol. The van der Waals surface area contributed by atoms with Crippen molar-refractivity contribution in [3.8, 4) is 11.5 Å². The number of carboxylic acids is 3. The second-order valence-electron chi connectivity index (χ2n) is 11.2. The molecule has 1 aromatic heterocycles. The van der Waals surface area contributed by atoms with Gasteiger partial charge in [-0.3, -0.25) is 19.3 Å². The summed E-state index contributed by atoms with van der Waals surface area (Å²) in [4.78, 5) is 82.0. The molecule has 9 N–H and O–H groups in total. The summed E-state index contributed by atoms with van der Waals surface area (Å²) < 4.78 is 31.7. The minimum Gasteiger partial charge on any atom is -0.504 e. The molecule has 3 aliphatic rings. The van der Waals surface area contributed by atoms with E-state index in [1.54, 1.807) is 0 Å². The number of carboxylic acid groups (broad SMARTS) is 3. The summed E-state index contributed by atoms with van der Waals surface area (Å²) in [6, 6.07) is 1.30. The number of fused-ring (bicyclic) bond motifs is 1. The lowest BCUT2D eigenvalue weighted by atomic mass is 10.0. The second-order valence-corrected chi connectivity index (χ2v) is 14.7. The number of anilines is 1. The Balaban J connectivity index is 0.000000845. The molecular weight excluding hydrogens is 813 g/mol. The number of nitrogens with zero attached hydrogens (tertiary/aromatic N) is 3. The van der Waals surface area contributed by atoms with Crippen molar-refractivity contribution in [1.82, 2.24) is 20.5 Å². The molecule has 1 saturated heterocycles. The van der Waals surface area contributed by atoms with Crippen LogP contribution in [0, 0.1) is 5.92 Å². The van der Waals surface area contributed by atoms with Gasteiger partial charge in [0.2, 0.25) is 6.10 Å². The molecule has 5 rings (SSSR count). The maximum Gasteiger partial charge on any atom is 0.490 e. The summed E-state index contributed by atoms with van der Waals surface area (Å²) >= 11 is 9.52. The van der Waals surface area contributed by atoms with Crippen molar-refractivity contribution < 1.29 is 72.3 Å². The van der Waals surface area contributed by atoms with Crippen LogP contribution < -0.4 is 16.4 Å². The molecule has 54 heavy (non-hydrogen) atoms. The van der Waals surface area contributed by atoms with Gasteiger partial charge < -0.3 is 46.7 Å². The first-order chi connectivity index (χ1) is 25.3. The molecule has 25 heteroatoms. The molecule has 3 atom stereocenters. The van der Waals surface area contributed by atoms with Gasteiger partial charge in [-0.1, -0.05) is 16.8 Å². The highest BCUT2D eigenvalue weighted by molar-refractivity contribution is 8.01. The fraction of sp³-hybridized carbons (Fsp3) is 0.379. The van der Waals surface area contributed by atoms with E-state index in [2.05, 4.69) is 20.8 Å². The highest BCUT2D eigenvalue weighted by Gasteiger charge is 2.54. The normalized spacial score (nSPS) is 18.7. The molecule has 1 aliphatic carbocycles. The van der Waals surface area contributed by atoms with Crippen LogP contribution in [0.3, 0.4) is 0 Å². The van der Waals surface area contributed by atoms with E-state index >= 15 is 0 Å². The average molecular weight is 841 g/mol. The molecule has 0 radical (unpaired) electrons. The van der Waals surface area contributed by atoms with Crippen molar-refractivity contribution in [1.29, 1.82) is 0 Å². The van der Waals surface area contributed by atoms with Gasteiger partial charge in [-0.25, -0.2) is 19.4 Å². The standard InChI is InChI=1S/C27H27ClN6O10S3.C2HF3O2/c28-15-12(3-4-14(35)19(15)36)21(37)30-5-6-45-7-11-8-46-24-17(23(39)34(24)18(11)25(40)41)32-22(38)16(13-9-47-27(29)31-13)33-44-20(26(42)43)10-1-2-10;3-2(4,5)1(6)7/h3-4,9-10,17,20,24,35-36H,1-2,5-8H2,(H2,29,31)(H,30,37)(H,32,38)(H,40,41)(H,42,43);(H,6,7)/b33-16-;/t17-,20?,24-;/m1./s1. The van der Waals surface area contributed by atoms with Crippen LogP contribution in [0.15, 0.2) is 33.9 Å². The second kappa shape index (κ2) is 17.5. The zero-order valence-corrected chi connectivity index (χ0v) is 30.2. The molecule has 0 spiro atoms. The smallest absolute Gasteiger partial charge is 0.490 e. The molecule has 1 unspecified atom stereocenters. The largest absolute Gasteiger partial charge is 0.504 e. The Bertz CT molecular complexity index is 1910. The molecule has 0 bridgehead atoms. The molecule has 3 heterocycles. The highest BCUT2D eigenvalue weighted by atomic mass is 35.5. The lowest BCUT2D eigenvalue weighted by molar-refractivity contribution is -0.192. The number of nitrogen functional groups attached to an aromatic ring is 1. The van der Waals surface area contributed by atoms with Gasteiger partial charge in [0.05, 0.1) is 10.6 Å². The number of nitrogens with one attached hydrogen (secondary N) is 2. The monoisotopic (exact) mass is 840 g/mol. The first-order valence-corrected chi connectivity index (χ1v) is 18.5. The number of halogens is 4. The number of thioether (sulfide) groups is 2. The van der Waals surface area contributed by atoms with E-state index in [4.69, 9.17) is 32.1 Å². The van der Waals surface area contributed by atoms with Gasteiger partial charge in [0, 0.05) is 35.1 Å². The number of aromatic hydroxyl groups is 2. The van der Waals surface area contributed by atoms with Crippen molar-refractivity contribution in [3.05, 3.63) is 45.1 Å². The Hall–Kier alpha value is -4.94. The summed E-state index contributed by atoms with van der Waals surface area (Å²) in [5.74, 6) is -7.86. The molecule has 1 aromatic carbocycles. The number of phenolic OH excluding ortho intramolecular Hbond substituents is 2. The van der Waals surface area contributed by atoms with Crippen LogP contribution in [0.4, 0.5) is 18.3 Å². The number of amides is 3. The van der Waals surface area contributed by atoms with E-state index in [1.165, 1.54) is 35.0 Å². The topological polar surface area (TPSA) is 291 Å². The van der Waals surface area contributed by atoms with Crippen LogP contribution in [0.5, 0.6) is 11.5 Å². The number of aromatic nitrogens is 1. The Morgan fingerprint density at radius 3 is 2.39 bits per heavy atom. The number of β-lactam (4-membered cyclic amide) rings is 1. The van der Waals surface area contributed by atoms with Crippen LogP contribution in [0.1, 0.15) is 28.9 Å². The van der Waals surface area contributed by atoms with E-state index in [0.29, 0.717) is 24.2 Å². The lowest BCUT2D eigenvalue weighted by Gasteiger charge is -2.49.